The quantitative estimate of drug-likeness (QED) is 0.795. The number of carbonyl (C=O) groups excluding carboxylic acids is 3. The molecule has 1 aliphatic heterocycles. The van der Waals surface area contributed by atoms with Crippen molar-refractivity contribution in [1.82, 2.24) is 4.90 Å². The molecular weight excluding hydrogens is 306 g/mol. The summed E-state index contributed by atoms with van der Waals surface area (Å²) in [6.07, 6.45) is -0.485. The third kappa shape index (κ3) is 4.02. The van der Waals surface area contributed by atoms with Gasteiger partial charge in [0, 0.05) is 24.4 Å². The number of hydrogen-bond acceptors (Lipinski definition) is 4. The zero-order valence-corrected chi connectivity index (χ0v) is 14.7. The van der Waals surface area contributed by atoms with Crippen molar-refractivity contribution in [3.05, 3.63) is 35.9 Å². The molecule has 1 fully saturated rings. The van der Waals surface area contributed by atoms with Crippen molar-refractivity contribution in [2.45, 2.75) is 34.3 Å². The maximum Gasteiger partial charge on any atom is 0.410 e. The number of ether oxygens (including phenoxy) is 1. The molecule has 1 aromatic rings. The molecule has 1 aromatic carbocycles. The van der Waals surface area contributed by atoms with E-state index in [0.29, 0.717) is 0 Å². The highest BCUT2D eigenvalue weighted by atomic mass is 16.6. The Morgan fingerprint density at radius 1 is 1.25 bits per heavy atom. The highest BCUT2D eigenvalue weighted by Crippen LogP contribution is 2.31. The summed E-state index contributed by atoms with van der Waals surface area (Å²) in [4.78, 5) is 38.8. The molecule has 5 nitrogen and oxygen atoms in total. The maximum absolute atomic E-state index is 12.5. The summed E-state index contributed by atoms with van der Waals surface area (Å²) < 4.78 is 5.35. The molecule has 0 bridgehead atoms. The Bertz CT molecular complexity index is 622. The fraction of sp³-hybridized carbons (Fsp3) is 0.526. The molecule has 1 unspecified atom stereocenters. The average Bonchev–Trinajstić information content (AvgIpc) is 2.55. The molecule has 0 radical (unpaired) electrons. The first-order chi connectivity index (χ1) is 11.2. The lowest BCUT2D eigenvalue weighted by atomic mass is 9.74. The lowest BCUT2D eigenvalue weighted by Crippen LogP contribution is -2.56. The van der Waals surface area contributed by atoms with Gasteiger partial charge >= 0.3 is 6.09 Å². The number of rotatable bonds is 4. The Morgan fingerprint density at radius 2 is 1.88 bits per heavy atom. The topological polar surface area (TPSA) is 63.7 Å². The SMILES string of the molecule is CC(C)C(=O)C1CN(C(=O)OCc2ccccc2)CC(C)(C)C1=O. The molecular formula is C19H25NO4. The lowest BCUT2D eigenvalue weighted by Gasteiger charge is -2.40. The molecule has 0 aromatic heterocycles. The number of likely N-dealkylation sites (tertiary alicyclic amines) is 1. The average molecular weight is 331 g/mol. The molecule has 1 heterocycles. The fourth-order valence-corrected chi connectivity index (χ4v) is 2.97. The van der Waals surface area contributed by atoms with E-state index in [1.807, 2.05) is 30.3 Å². The Morgan fingerprint density at radius 3 is 2.46 bits per heavy atom. The van der Waals surface area contributed by atoms with Crippen LogP contribution in [0.5, 0.6) is 0 Å². The number of ketones is 2. The summed E-state index contributed by atoms with van der Waals surface area (Å²) in [6, 6.07) is 9.41. The van der Waals surface area contributed by atoms with Crippen LogP contribution in [-0.2, 0) is 20.9 Å². The predicted octanol–water partition coefficient (Wildman–Crippen LogP) is 3.08. The standard InChI is InChI=1S/C19H25NO4/c1-13(2)16(21)15-10-20(12-19(3,4)17(15)22)18(23)24-11-14-8-6-5-7-9-14/h5-9,13,15H,10-12H2,1-4H3. The van der Waals surface area contributed by atoms with Crippen LogP contribution in [0.4, 0.5) is 4.79 Å². The van der Waals surface area contributed by atoms with Gasteiger partial charge in [-0.1, -0.05) is 58.0 Å². The normalized spacial score (nSPS) is 20.1. The van der Waals surface area contributed by atoms with E-state index in [1.165, 1.54) is 4.90 Å². The van der Waals surface area contributed by atoms with E-state index in [2.05, 4.69) is 0 Å². The summed E-state index contributed by atoms with van der Waals surface area (Å²) in [7, 11) is 0. The van der Waals surface area contributed by atoms with Gasteiger partial charge in [0.1, 0.15) is 12.4 Å². The summed E-state index contributed by atoms with van der Waals surface area (Å²) >= 11 is 0. The number of piperidine rings is 1. The third-order valence-electron chi connectivity index (χ3n) is 4.35. The minimum Gasteiger partial charge on any atom is -0.445 e. The highest BCUT2D eigenvalue weighted by Gasteiger charge is 2.46. The van der Waals surface area contributed by atoms with E-state index in [0.717, 1.165) is 5.56 Å². The Kier molecular flexibility index (Phi) is 5.42. The number of hydrogen-bond donors (Lipinski definition) is 0. The van der Waals surface area contributed by atoms with Gasteiger partial charge in [-0.05, 0) is 5.56 Å². The Balaban J connectivity index is 2.07. The minimum absolute atomic E-state index is 0.0895. The van der Waals surface area contributed by atoms with E-state index in [9.17, 15) is 14.4 Å². The minimum atomic E-state index is -0.766. The Hall–Kier alpha value is -2.17. The van der Waals surface area contributed by atoms with E-state index in [-0.39, 0.29) is 37.2 Å². The van der Waals surface area contributed by atoms with E-state index >= 15 is 0 Å². The van der Waals surface area contributed by atoms with E-state index in [4.69, 9.17) is 4.74 Å². The third-order valence-corrected chi connectivity index (χ3v) is 4.35. The zero-order chi connectivity index (χ0) is 17.9. The van der Waals surface area contributed by atoms with Gasteiger partial charge in [-0.15, -0.1) is 0 Å². The van der Waals surface area contributed by atoms with Gasteiger partial charge in [0.05, 0.1) is 5.92 Å². The molecule has 1 saturated heterocycles. The van der Waals surface area contributed by atoms with E-state index in [1.54, 1.807) is 27.7 Å². The molecule has 0 N–H and O–H groups in total. The van der Waals surface area contributed by atoms with Crippen LogP contribution < -0.4 is 0 Å². The van der Waals surface area contributed by atoms with Crippen molar-refractivity contribution in [1.29, 1.82) is 0 Å². The van der Waals surface area contributed by atoms with Crippen LogP contribution in [0.1, 0.15) is 33.3 Å². The maximum atomic E-state index is 12.5. The van der Waals surface area contributed by atoms with Crippen LogP contribution in [0, 0.1) is 17.3 Å². The van der Waals surface area contributed by atoms with Crippen molar-refractivity contribution in [2.24, 2.45) is 17.3 Å². The van der Waals surface area contributed by atoms with Crippen LogP contribution in [0.15, 0.2) is 30.3 Å². The number of benzene rings is 1. The second kappa shape index (κ2) is 7.16. The fourth-order valence-electron chi connectivity index (χ4n) is 2.97. The van der Waals surface area contributed by atoms with Crippen LogP contribution in [-0.4, -0.2) is 35.6 Å². The van der Waals surface area contributed by atoms with Gasteiger partial charge in [0.2, 0.25) is 0 Å². The zero-order valence-electron chi connectivity index (χ0n) is 14.7. The van der Waals surface area contributed by atoms with Crippen molar-refractivity contribution in [2.75, 3.05) is 13.1 Å². The molecule has 1 amide bonds. The van der Waals surface area contributed by atoms with Crippen LogP contribution in [0.2, 0.25) is 0 Å². The van der Waals surface area contributed by atoms with Gasteiger partial charge in [-0.2, -0.15) is 0 Å². The first kappa shape index (κ1) is 18.2. The highest BCUT2D eigenvalue weighted by molar-refractivity contribution is 6.06. The first-order valence-electron chi connectivity index (χ1n) is 8.26. The first-order valence-corrected chi connectivity index (χ1v) is 8.26. The van der Waals surface area contributed by atoms with E-state index < -0.39 is 17.4 Å². The molecule has 0 spiro atoms. The van der Waals surface area contributed by atoms with Gasteiger partial charge in [0.15, 0.2) is 5.78 Å². The summed E-state index contributed by atoms with van der Waals surface area (Å²) in [5.41, 5.74) is 0.146. The molecule has 24 heavy (non-hydrogen) atoms. The number of Topliss-reactive ketones (excluding diaryl/α,β-unsaturated/α-hetero) is 2. The lowest BCUT2D eigenvalue weighted by molar-refractivity contribution is -0.144. The second-order valence-electron chi connectivity index (χ2n) is 7.28. The van der Waals surface area contributed by atoms with Crippen molar-refractivity contribution in [3.63, 3.8) is 0 Å². The molecule has 130 valence electrons. The van der Waals surface area contributed by atoms with Gasteiger partial charge in [-0.3, -0.25) is 9.59 Å². The van der Waals surface area contributed by atoms with Crippen molar-refractivity contribution < 1.29 is 19.1 Å². The van der Waals surface area contributed by atoms with Crippen LogP contribution >= 0.6 is 0 Å². The summed E-state index contributed by atoms with van der Waals surface area (Å²) in [5.74, 6) is -1.21. The predicted molar refractivity (Wildman–Crippen MR) is 90.3 cm³/mol. The Labute approximate surface area is 143 Å². The van der Waals surface area contributed by atoms with Crippen molar-refractivity contribution >= 4 is 17.7 Å². The van der Waals surface area contributed by atoms with Crippen LogP contribution in [0.3, 0.4) is 0 Å². The molecule has 5 heteroatoms. The number of nitrogens with zero attached hydrogens (tertiary/aromatic N) is 1. The van der Waals surface area contributed by atoms with Crippen molar-refractivity contribution in [3.8, 4) is 0 Å². The molecule has 2 rings (SSSR count). The molecule has 0 aliphatic carbocycles. The largest absolute Gasteiger partial charge is 0.445 e. The van der Waals surface area contributed by atoms with Gasteiger partial charge < -0.3 is 9.64 Å². The van der Waals surface area contributed by atoms with Gasteiger partial charge in [-0.25, -0.2) is 4.79 Å². The molecule has 0 saturated carbocycles. The van der Waals surface area contributed by atoms with Crippen LogP contribution in [0.25, 0.3) is 0 Å². The number of amides is 1. The second-order valence-corrected chi connectivity index (χ2v) is 7.28. The summed E-state index contributed by atoms with van der Waals surface area (Å²) in [6.45, 7) is 7.63. The molecule has 1 aliphatic rings. The monoisotopic (exact) mass is 331 g/mol. The summed E-state index contributed by atoms with van der Waals surface area (Å²) in [5, 5.41) is 0. The smallest absolute Gasteiger partial charge is 0.410 e. The number of carbonyl (C=O) groups is 3. The van der Waals surface area contributed by atoms with Gasteiger partial charge in [0.25, 0.3) is 0 Å². The molecule has 1 atom stereocenters.